The van der Waals surface area contributed by atoms with Gasteiger partial charge in [0.2, 0.25) is 0 Å². The van der Waals surface area contributed by atoms with E-state index in [0.717, 1.165) is 10.2 Å². The lowest BCUT2D eigenvalue weighted by Crippen LogP contribution is -2.23. The quantitative estimate of drug-likeness (QED) is 0.716. The molecule has 0 N–H and O–H groups in total. The number of aryl methyl sites for hydroxylation is 2. The molecular weight excluding hydrogens is 306 g/mol. The molecule has 0 atom stereocenters. The van der Waals surface area contributed by atoms with Crippen LogP contribution in [0.2, 0.25) is 0 Å². The number of tetrazole rings is 1. The van der Waals surface area contributed by atoms with Gasteiger partial charge in [-0.3, -0.25) is 4.98 Å². The molecule has 7 nitrogen and oxygen atoms in total. The van der Waals surface area contributed by atoms with Crippen LogP contribution in [0.1, 0.15) is 18.2 Å². The van der Waals surface area contributed by atoms with Crippen LogP contribution in [0.4, 0.5) is 0 Å². The number of aromatic nitrogens is 5. The normalized spacial score (nSPS) is 11.2. The molecule has 0 saturated carbocycles. The maximum absolute atomic E-state index is 12.2. The average Bonchev–Trinajstić information content (AvgIpc) is 2.93. The van der Waals surface area contributed by atoms with E-state index in [9.17, 15) is 4.79 Å². The van der Waals surface area contributed by atoms with Gasteiger partial charge < -0.3 is 4.74 Å². The van der Waals surface area contributed by atoms with Gasteiger partial charge in [-0.2, -0.15) is 9.36 Å². The fourth-order valence-corrected chi connectivity index (χ4v) is 2.30. The first-order valence-corrected chi connectivity index (χ1v) is 7.31. The topological polar surface area (TPSA) is 74.8 Å². The SMILES string of the molecule is [3H]c1ccc(OCc2c(-n3nnn(C)c3=O)ccnc2C=C)c(C)c1. The first-order chi connectivity index (χ1) is 12.0. The van der Waals surface area contributed by atoms with Gasteiger partial charge in [-0.25, -0.2) is 4.79 Å². The van der Waals surface area contributed by atoms with Crippen molar-refractivity contribution in [2.24, 2.45) is 7.05 Å². The van der Waals surface area contributed by atoms with Crippen LogP contribution < -0.4 is 10.4 Å². The van der Waals surface area contributed by atoms with E-state index in [0.29, 0.717) is 28.7 Å². The number of ether oxygens (including phenoxy) is 1. The number of hydrogen-bond donors (Lipinski definition) is 0. The summed E-state index contributed by atoms with van der Waals surface area (Å²) in [6.45, 7) is 5.81. The van der Waals surface area contributed by atoms with Gasteiger partial charge in [-0.05, 0) is 41.1 Å². The molecule has 7 heteroatoms. The van der Waals surface area contributed by atoms with E-state index in [1.54, 1.807) is 36.5 Å². The van der Waals surface area contributed by atoms with E-state index in [-0.39, 0.29) is 12.3 Å². The molecule has 2 heterocycles. The van der Waals surface area contributed by atoms with Crippen molar-refractivity contribution in [1.29, 1.82) is 0 Å². The summed E-state index contributed by atoms with van der Waals surface area (Å²) in [7, 11) is 1.53. The van der Waals surface area contributed by atoms with Crippen molar-refractivity contribution in [3.8, 4) is 11.4 Å². The van der Waals surface area contributed by atoms with Gasteiger partial charge in [0.25, 0.3) is 0 Å². The van der Waals surface area contributed by atoms with Gasteiger partial charge in [-0.1, -0.05) is 24.8 Å². The van der Waals surface area contributed by atoms with Crippen LogP contribution in [0.25, 0.3) is 11.8 Å². The van der Waals surface area contributed by atoms with Gasteiger partial charge in [0.05, 0.1) is 12.8 Å². The molecule has 0 saturated heterocycles. The molecule has 0 aliphatic rings. The van der Waals surface area contributed by atoms with Gasteiger partial charge in [-0.15, -0.1) is 0 Å². The Hall–Kier alpha value is -3.22. The van der Waals surface area contributed by atoms with Crippen LogP contribution in [0.15, 0.2) is 47.9 Å². The van der Waals surface area contributed by atoms with Crippen molar-refractivity contribution in [3.63, 3.8) is 0 Å². The molecule has 0 aliphatic heterocycles. The van der Waals surface area contributed by atoms with Crippen molar-refractivity contribution in [2.75, 3.05) is 0 Å². The van der Waals surface area contributed by atoms with Crippen LogP contribution in [0.5, 0.6) is 5.75 Å². The summed E-state index contributed by atoms with van der Waals surface area (Å²) in [5.41, 5.74) is 2.31. The fraction of sp³-hybridized carbons (Fsp3) is 0.176. The Kier molecular flexibility index (Phi) is 3.89. The summed E-state index contributed by atoms with van der Waals surface area (Å²) in [6, 6.07) is 7.23. The molecule has 0 aliphatic carbocycles. The van der Waals surface area contributed by atoms with Crippen LogP contribution in [0, 0.1) is 6.92 Å². The molecule has 3 rings (SSSR count). The molecule has 0 spiro atoms. The van der Waals surface area contributed by atoms with Crippen molar-refractivity contribution in [1.82, 2.24) is 24.8 Å². The summed E-state index contributed by atoms with van der Waals surface area (Å²) in [4.78, 5) is 16.5. The monoisotopic (exact) mass is 325 g/mol. The molecule has 0 bridgehead atoms. The molecule has 3 aromatic rings. The van der Waals surface area contributed by atoms with Crippen LogP contribution >= 0.6 is 0 Å². The Labute approximate surface area is 140 Å². The molecule has 0 amide bonds. The third-order valence-corrected chi connectivity index (χ3v) is 3.60. The van der Waals surface area contributed by atoms with E-state index in [1.165, 1.54) is 11.7 Å². The molecule has 2 aromatic heterocycles. The first-order valence-electron chi connectivity index (χ1n) is 7.81. The highest BCUT2D eigenvalue weighted by atomic mass is 16.5. The largest absolute Gasteiger partial charge is 0.488 e. The predicted molar refractivity (Wildman–Crippen MR) is 90.0 cm³/mol. The molecule has 0 fully saturated rings. The number of hydrogen-bond acceptors (Lipinski definition) is 5. The van der Waals surface area contributed by atoms with Gasteiger partial charge >= 0.3 is 5.69 Å². The lowest BCUT2D eigenvalue weighted by molar-refractivity contribution is 0.302. The van der Waals surface area contributed by atoms with Crippen molar-refractivity contribution in [3.05, 3.63) is 70.4 Å². The second-order valence-electron chi connectivity index (χ2n) is 5.18. The number of rotatable bonds is 5. The Morgan fingerprint density at radius 3 is 2.88 bits per heavy atom. The Morgan fingerprint density at radius 2 is 2.21 bits per heavy atom. The standard InChI is InChI=1S/C17H17N5O2/c1-4-14-13(11-24-16-8-6-5-7-12(16)2)15(9-10-18-14)22-17(23)21(3)19-20-22/h4-10H,1,11H2,2-3H3/i5T. The van der Waals surface area contributed by atoms with Crippen molar-refractivity contribution in [2.45, 2.75) is 13.5 Å². The summed E-state index contributed by atoms with van der Waals surface area (Å²) in [5, 5.41) is 7.62. The smallest absolute Gasteiger partial charge is 0.368 e. The number of pyridine rings is 1. The zero-order valence-electron chi connectivity index (χ0n) is 14.4. The van der Waals surface area contributed by atoms with E-state index in [2.05, 4.69) is 22.0 Å². The fourth-order valence-electron chi connectivity index (χ4n) is 2.30. The Balaban J connectivity index is 2.01. The Bertz CT molecular complexity index is 993. The summed E-state index contributed by atoms with van der Waals surface area (Å²) < 4.78 is 15.9. The second kappa shape index (κ2) is 6.49. The average molecular weight is 325 g/mol. The van der Waals surface area contributed by atoms with Crippen LogP contribution in [-0.2, 0) is 13.7 Å². The predicted octanol–water partition coefficient (Wildman–Crippen LogP) is 1.89. The lowest BCUT2D eigenvalue weighted by Gasteiger charge is -2.13. The zero-order valence-corrected chi connectivity index (χ0v) is 13.4. The van der Waals surface area contributed by atoms with Gasteiger partial charge in [0.1, 0.15) is 12.4 Å². The second-order valence-corrected chi connectivity index (χ2v) is 5.18. The maximum Gasteiger partial charge on any atom is 0.368 e. The lowest BCUT2D eigenvalue weighted by atomic mass is 10.1. The highest BCUT2D eigenvalue weighted by Crippen LogP contribution is 2.22. The van der Waals surface area contributed by atoms with Crippen molar-refractivity contribution < 1.29 is 6.11 Å². The minimum atomic E-state index is -0.364. The van der Waals surface area contributed by atoms with Crippen LogP contribution in [0.3, 0.4) is 0 Å². The molecule has 1 aromatic carbocycles. The van der Waals surface area contributed by atoms with Gasteiger partial charge in [0, 0.05) is 18.8 Å². The van der Waals surface area contributed by atoms with E-state index < -0.39 is 0 Å². The minimum Gasteiger partial charge on any atom is -0.488 e. The number of benzene rings is 1. The molecule has 122 valence electrons. The number of nitrogens with zero attached hydrogens (tertiary/aromatic N) is 5. The summed E-state index contributed by atoms with van der Waals surface area (Å²) in [5.74, 6) is 0.660. The van der Waals surface area contributed by atoms with Gasteiger partial charge in [0.15, 0.2) is 0 Å². The summed E-state index contributed by atoms with van der Waals surface area (Å²) >= 11 is 0. The highest BCUT2D eigenvalue weighted by Gasteiger charge is 2.15. The zero-order chi connectivity index (χ0) is 18.0. The minimum absolute atomic E-state index is 0.172. The van der Waals surface area contributed by atoms with E-state index in [4.69, 9.17) is 6.11 Å². The van der Waals surface area contributed by atoms with E-state index in [1.807, 2.05) is 6.92 Å². The Morgan fingerprint density at radius 1 is 1.38 bits per heavy atom. The number of para-hydroxylation sites is 1. The molecular formula is C17H17N5O2. The van der Waals surface area contributed by atoms with E-state index >= 15 is 0 Å². The first kappa shape index (κ1) is 14.4. The third-order valence-electron chi connectivity index (χ3n) is 3.60. The molecule has 0 radical (unpaired) electrons. The molecule has 0 unspecified atom stereocenters. The highest BCUT2D eigenvalue weighted by molar-refractivity contribution is 5.54. The summed E-state index contributed by atoms with van der Waals surface area (Å²) in [6.07, 6.45) is 3.18. The van der Waals surface area contributed by atoms with Crippen LogP contribution in [-0.4, -0.2) is 24.8 Å². The van der Waals surface area contributed by atoms with Crippen molar-refractivity contribution >= 4 is 6.08 Å². The maximum atomic E-state index is 12.2. The molecule has 24 heavy (non-hydrogen) atoms. The third kappa shape index (κ3) is 2.83.